The molecule has 0 radical (unpaired) electrons. The van der Waals surface area contributed by atoms with E-state index in [4.69, 9.17) is 0 Å². The van der Waals surface area contributed by atoms with Gasteiger partial charge in [-0.2, -0.15) is 0 Å². The highest BCUT2D eigenvalue weighted by Crippen LogP contribution is 2.44. The third-order valence-electron chi connectivity index (χ3n) is 10.4. The predicted molar refractivity (Wildman–Crippen MR) is 233 cm³/mol. The van der Waals surface area contributed by atoms with Gasteiger partial charge in [0.2, 0.25) is 0 Å². The van der Waals surface area contributed by atoms with Crippen molar-refractivity contribution >= 4 is 49.3 Å². The van der Waals surface area contributed by atoms with Crippen LogP contribution in [0.2, 0.25) is 0 Å². The van der Waals surface area contributed by atoms with Gasteiger partial charge in [-0.25, -0.2) is 0 Å². The van der Waals surface area contributed by atoms with E-state index in [0.29, 0.717) is 0 Å². The Bertz CT molecular complexity index is 2920. The number of hydrogen-bond acceptors (Lipinski definition) is 4. The molecule has 0 spiro atoms. The average molecular weight is 705 g/mol. The highest BCUT2D eigenvalue weighted by atomic mass is 14.6. The fourth-order valence-corrected chi connectivity index (χ4v) is 7.82. The molecule has 0 bridgehead atoms. The summed E-state index contributed by atoms with van der Waals surface area (Å²) in [5, 5.41) is 10.0. The molecular formula is C51H36N4. The third kappa shape index (κ3) is 6.30. The van der Waals surface area contributed by atoms with Crippen LogP contribution in [0.25, 0.3) is 98.7 Å². The lowest BCUT2D eigenvalue weighted by molar-refractivity contribution is 1.33. The standard InChI is InChI=1S/C47H29N3.C4H7N/c1-2-36-29-50-25-20-43(36)40(3-1)32-4-6-33(7-5-32)41-12-10-34-8-9-35-11-13-42(45-15-14-44(41)46(34)47(35)45)39-27-37(30-16-21-48-22-17-30)26-38(28-39)31-18-23-49-24-19-31;1-3-5-4-2/h1-29H;3-4H,1H2,2H3. The van der Waals surface area contributed by atoms with Crippen LogP contribution in [0, 0.1) is 0 Å². The highest BCUT2D eigenvalue weighted by Gasteiger charge is 2.16. The lowest BCUT2D eigenvalue weighted by atomic mass is 9.86. The molecule has 10 rings (SSSR count). The highest BCUT2D eigenvalue weighted by molar-refractivity contribution is 6.27. The molecule has 55 heavy (non-hydrogen) atoms. The van der Waals surface area contributed by atoms with Gasteiger partial charge in [0.15, 0.2) is 0 Å². The fraction of sp³-hybridized carbons (Fsp3) is 0.0196. The van der Waals surface area contributed by atoms with E-state index < -0.39 is 0 Å². The zero-order valence-corrected chi connectivity index (χ0v) is 30.4. The number of nitrogens with zero attached hydrogens (tertiary/aromatic N) is 4. The second kappa shape index (κ2) is 14.6. The lowest BCUT2D eigenvalue weighted by Crippen LogP contribution is -1.91. The molecule has 4 heteroatoms. The fourth-order valence-electron chi connectivity index (χ4n) is 7.82. The summed E-state index contributed by atoms with van der Waals surface area (Å²) in [5.74, 6) is 0. The van der Waals surface area contributed by atoms with E-state index in [2.05, 4.69) is 166 Å². The van der Waals surface area contributed by atoms with Gasteiger partial charge in [0, 0.05) is 55.0 Å². The topological polar surface area (TPSA) is 51.0 Å². The Morgan fingerprint density at radius 3 is 1.44 bits per heavy atom. The van der Waals surface area contributed by atoms with Crippen molar-refractivity contribution < 1.29 is 0 Å². The zero-order valence-electron chi connectivity index (χ0n) is 30.4. The largest absolute Gasteiger partial charge is 0.270 e. The Morgan fingerprint density at radius 1 is 0.418 bits per heavy atom. The molecule has 260 valence electrons. The number of fused-ring (bicyclic) bond motifs is 1. The van der Waals surface area contributed by atoms with Crippen molar-refractivity contribution in [1.82, 2.24) is 15.0 Å². The minimum Gasteiger partial charge on any atom is -0.270 e. The Labute approximate surface area is 320 Å². The van der Waals surface area contributed by atoms with Crippen LogP contribution in [0.5, 0.6) is 0 Å². The number of pyridine rings is 3. The smallest absolute Gasteiger partial charge is 0.0346 e. The number of benzene rings is 7. The summed E-state index contributed by atoms with van der Waals surface area (Å²) in [6, 6.07) is 51.0. The van der Waals surface area contributed by atoms with Crippen LogP contribution < -0.4 is 0 Å². The van der Waals surface area contributed by atoms with Gasteiger partial charge in [0.25, 0.3) is 0 Å². The predicted octanol–water partition coefficient (Wildman–Crippen LogP) is 13.5. The maximum absolute atomic E-state index is 4.32. The number of aromatic nitrogens is 3. The summed E-state index contributed by atoms with van der Waals surface area (Å²) in [7, 11) is 0. The molecule has 0 unspecified atom stereocenters. The molecule has 10 aromatic rings. The van der Waals surface area contributed by atoms with Crippen molar-refractivity contribution in [3.05, 3.63) is 189 Å². The summed E-state index contributed by atoms with van der Waals surface area (Å²) in [6.45, 7) is 5.20. The molecule has 7 aromatic carbocycles. The summed E-state index contributed by atoms with van der Waals surface area (Å²) in [5.41, 5.74) is 11.9. The summed E-state index contributed by atoms with van der Waals surface area (Å²) >= 11 is 0. The second-order valence-corrected chi connectivity index (χ2v) is 13.5. The maximum Gasteiger partial charge on any atom is 0.0346 e. The molecule has 3 aromatic heterocycles. The van der Waals surface area contributed by atoms with Crippen LogP contribution >= 0.6 is 0 Å². The molecule has 0 aliphatic carbocycles. The van der Waals surface area contributed by atoms with Crippen LogP contribution in [0.1, 0.15) is 6.92 Å². The Kier molecular flexibility index (Phi) is 8.91. The average Bonchev–Trinajstić information content (AvgIpc) is 3.26. The molecule has 0 saturated heterocycles. The second-order valence-electron chi connectivity index (χ2n) is 13.5. The monoisotopic (exact) mass is 704 g/mol. The van der Waals surface area contributed by atoms with Crippen molar-refractivity contribution in [2.24, 2.45) is 4.99 Å². The molecule has 3 heterocycles. The van der Waals surface area contributed by atoms with E-state index in [1.807, 2.05) is 44.1 Å². The number of hydrogen-bond donors (Lipinski definition) is 0. The van der Waals surface area contributed by atoms with Gasteiger partial charge in [0.1, 0.15) is 0 Å². The van der Waals surface area contributed by atoms with E-state index in [-0.39, 0.29) is 0 Å². The van der Waals surface area contributed by atoms with E-state index >= 15 is 0 Å². The number of rotatable bonds is 6. The Morgan fingerprint density at radius 2 is 0.909 bits per heavy atom. The first-order valence-electron chi connectivity index (χ1n) is 18.4. The summed E-state index contributed by atoms with van der Waals surface area (Å²) in [4.78, 5) is 16.5. The minimum atomic E-state index is 1.14. The van der Waals surface area contributed by atoms with E-state index in [0.717, 1.165) is 27.6 Å². The maximum atomic E-state index is 4.32. The lowest BCUT2D eigenvalue weighted by Gasteiger charge is -2.18. The van der Waals surface area contributed by atoms with Crippen molar-refractivity contribution in [3.8, 4) is 55.6 Å². The van der Waals surface area contributed by atoms with Crippen LogP contribution in [0.4, 0.5) is 0 Å². The molecule has 0 N–H and O–H groups in total. The van der Waals surface area contributed by atoms with Crippen LogP contribution in [-0.4, -0.2) is 21.2 Å². The van der Waals surface area contributed by atoms with Gasteiger partial charge >= 0.3 is 0 Å². The first-order chi connectivity index (χ1) is 27.2. The zero-order chi connectivity index (χ0) is 37.1. The van der Waals surface area contributed by atoms with E-state index in [9.17, 15) is 0 Å². The van der Waals surface area contributed by atoms with Crippen molar-refractivity contribution in [3.63, 3.8) is 0 Å². The van der Waals surface area contributed by atoms with Gasteiger partial charge in [-0.05, 0) is 149 Å². The normalized spacial score (nSPS) is 11.4. The van der Waals surface area contributed by atoms with Crippen molar-refractivity contribution in [2.75, 3.05) is 0 Å². The van der Waals surface area contributed by atoms with Crippen LogP contribution in [-0.2, 0) is 0 Å². The molecule has 0 fully saturated rings. The quantitative estimate of drug-likeness (QED) is 0.128. The molecule has 4 nitrogen and oxygen atoms in total. The first kappa shape index (κ1) is 33.5. The van der Waals surface area contributed by atoms with Gasteiger partial charge in [0.05, 0.1) is 0 Å². The number of aliphatic imine (C=N–C) groups is 1. The molecule has 0 aliphatic heterocycles. The van der Waals surface area contributed by atoms with Gasteiger partial charge in [-0.15, -0.1) is 0 Å². The van der Waals surface area contributed by atoms with Crippen LogP contribution in [0.3, 0.4) is 0 Å². The van der Waals surface area contributed by atoms with Gasteiger partial charge in [-0.3, -0.25) is 19.9 Å². The van der Waals surface area contributed by atoms with Gasteiger partial charge < -0.3 is 0 Å². The van der Waals surface area contributed by atoms with E-state index in [1.54, 1.807) is 6.21 Å². The first-order valence-corrected chi connectivity index (χ1v) is 18.4. The Balaban J connectivity index is 0.000000748. The molecular weight excluding hydrogens is 669 g/mol. The SMILES string of the molecule is C=CN=CC.c1cc(-c2ccc(-c3ccc4ccc5ccc(-c6cc(-c7ccncc7)cc(-c7ccncc7)c6)c6ccc3c4c56)cc2)c2ccncc2c1. The molecule has 0 atom stereocenters. The summed E-state index contributed by atoms with van der Waals surface area (Å²) < 4.78 is 0. The van der Waals surface area contributed by atoms with E-state index in [1.165, 1.54) is 77.3 Å². The summed E-state index contributed by atoms with van der Waals surface area (Å²) in [6.07, 6.45) is 14.4. The molecule has 0 aliphatic rings. The van der Waals surface area contributed by atoms with Gasteiger partial charge in [-0.1, -0.05) is 97.6 Å². The minimum absolute atomic E-state index is 1.14. The third-order valence-corrected chi connectivity index (χ3v) is 10.4. The van der Waals surface area contributed by atoms with Crippen LogP contribution in [0.15, 0.2) is 194 Å². The molecule has 0 saturated carbocycles. The Hall–Kier alpha value is -7.30. The van der Waals surface area contributed by atoms with Crippen molar-refractivity contribution in [1.29, 1.82) is 0 Å². The molecule has 0 amide bonds. The van der Waals surface area contributed by atoms with Crippen molar-refractivity contribution in [2.45, 2.75) is 6.92 Å².